The Morgan fingerprint density at radius 2 is 1.65 bits per heavy atom. The minimum absolute atomic E-state index is 0.583. The van der Waals surface area contributed by atoms with Crippen LogP contribution in [0.15, 0.2) is 12.1 Å². The fraction of sp³-hybridized carbons (Fsp3) is 0.625. The lowest BCUT2D eigenvalue weighted by Gasteiger charge is -2.27. The Balaban J connectivity index is 3.06. The van der Waals surface area contributed by atoms with E-state index >= 15 is 0 Å². The topological polar surface area (TPSA) is 12.0 Å². The molecule has 0 fully saturated rings. The zero-order valence-electron chi connectivity index (χ0n) is 12.2. The molecular weight excluding hydrogens is 206 g/mol. The Morgan fingerprint density at radius 1 is 1.12 bits per heavy atom. The van der Waals surface area contributed by atoms with Crippen LogP contribution in [0, 0.1) is 20.8 Å². The minimum atomic E-state index is 0.583. The number of aryl methyl sites for hydroxylation is 3. The molecule has 1 heteroatoms. The molecule has 0 bridgehead atoms. The van der Waals surface area contributed by atoms with Crippen molar-refractivity contribution in [3.63, 3.8) is 0 Å². The van der Waals surface area contributed by atoms with Crippen molar-refractivity contribution in [2.45, 2.75) is 59.4 Å². The van der Waals surface area contributed by atoms with Crippen LogP contribution in [0.3, 0.4) is 0 Å². The van der Waals surface area contributed by atoms with Crippen molar-refractivity contribution in [2.24, 2.45) is 0 Å². The van der Waals surface area contributed by atoms with Gasteiger partial charge in [-0.05, 0) is 56.8 Å². The van der Waals surface area contributed by atoms with E-state index in [4.69, 9.17) is 0 Å². The summed E-state index contributed by atoms with van der Waals surface area (Å²) in [6.07, 6.45) is 2.48. The highest BCUT2D eigenvalue weighted by Crippen LogP contribution is 2.28. The summed E-state index contributed by atoms with van der Waals surface area (Å²) >= 11 is 0. The first-order valence-electron chi connectivity index (χ1n) is 6.76. The fourth-order valence-corrected chi connectivity index (χ4v) is 3.07. The van der Waals surface area contributed by atoms with Crippen LogP contribution < -0.4 is 5.32 Å². The summed E-state index contributed by atoms with van der Waals surface area (Å²) in [4.78, 5) is 0. The highest BCUT2D eigenvalue weighted by molar-refractivity contribution is 5.40. The van der Waals surface area contributed by atoms with Crippen molar-refractivity contribution in [1.82, 2.24) is 5.32 Å². The third-order valence-electron chi connectivity index (χ3n) is 3.77. The summed E-state index contributed by atoms with van der Waals surface area (Å²) in [5.74, 6) is 0.584. The highest BCUT2D eigenvalue weighted by atomic mass is 14.9. The van der Waals surface area contributed by atoms with Gasteiger partial charge in [-0.25, -0.2) is 0 Å². The molecule has 0 heterocycles. The van der Waals surface area contributed by atoms with Gasteiger partial charge in [-0.3, -0.25) is 0 Å². The molecule has 1 aromatic rings. The maximum atomic E-state index is 3.47. The van der Waals surface area contributed by atoms with Crippen molar-refractivity contribution in [2.75, 3.05) is 7.05 Å². The van der Waals surface area contributed by atoms with Gasteiger partial charge in [-0.15, -0.1) is 0 Å². The van der Waals surface area contributed by atoms with Gasteiger partial charge in [-0.1, -0.05) is 38.0 Å². The van der Waals surface area contributed by atoms with Gasteiger partial charge in [0.2, 0.25) is 0 Å². The quantitative estimate of drug-likeness (QED) is 0.807. The molecule has 1 N–H and O–H groups in total. The summed E-state index contributed by atoms with van der Waals surface area (Å²) in [6, 6.07) is 5.19. The third kappa shape index (κ3) is 3.32. The molecule has 1 aromatic carbocycles. The fourth-order valence-electron chi connectivity index (χ4n) is 3.07. The van der Waals surface area contributed by atoms with E-state index in [0.29, 0.717) is 12.0 Å². The number of benzene rings is 1. The van der Waals surface area contributed by atoms with Gasteiger partial charge in [-0.2, -0.15) is 0 Å². The predicted molar refractivity (Wildman–Crippen MR) is 76.8 cm³/mol. The first-order valence-corrected chi connectivity index (χ1v) is 6.76. The van der Waals surface area contributed by atoms with Crippen LogP contribution in [0.25, 0.3) is 0 Å². The lowest BCUT2D eigenvalue weighted by Crippen LogP contribution is -2.31. The second kappa shape index (κ2) is 6.20. The minimum Gasteiger partial charge on any atom is -0.316 e. The summed E-state index contributed by atoms with van der Waals surface area (Å²) in [7, 11) is 2.08. The molecule has 17 heavy (non-hydrogen) atoms. The zero-order chi connectivity index (χ0) is 13.0. The van der Waals surface area contributed by atoms with Gasteiger partial charge >= 0.3 is 0 Å². The van der Waals surface area contributed by atoms with Crippen LogP contribution in [0.5, 0.6) is 0 Å². The molecule has 96 valence electrons. The van der Waals surface area contributed by atoms with Crippen molar-refractivity contribution in [3.8, 4) is 0 Å². The van der Waals surface area contributed by atoms with E-state index in [1.807, 2.05) is 0 Å². The molecule has 0 amide bonds. The summed E-state index contributed by atoms with van der Waals surface area (Å²) in [5, 5.41) is 3.47. The van der Waals surface area contributed by atoms with E-state index in [2.05, 4.69) is 59.1 Å². The Bertz CT molecular complexity index is 345. The SMILES string of the molecule is CCCC(NC)C(C)c1c(C)cc(C)cc1C. The molecule has 0 radical (unpaired) electrons. The van der Waals surface area contributed by atoms with Crippen LogP contribution in [0.4, 0.5) is 0 Å². The van der Waals surface area contributed by atoms with E-state index in [9.17, 15) is 0 Å². The molecule has 0 aliphatic rings. The molecule has 0 aliphatic carbocycles. The monoisotopic (exact) mass is 233 g/mol. The first-order chi connectivity index (χ1) is 8.01. The van der Waals surface area contributed by atoms with Crippen molar-refractivity contribution >= 4 is 0 Å². The van der Waals surface area contributed by atoms with E-state index in [1.165, 1.54) is 35.1 Å². The van der Waals surface area contributed by atoms with Gasteiger partial charge in [0.25, 0.3) is 0 Å². The van der Waals surface area contributed by atoms with Crippen LogP contribution in [-0.4, -0.2) is 13.1 Å². The second-order valence-corrected chi connectivity index (χ2v) is 5.28. The summed E-state index contributed by atoms with van der Waals surface area (Å²) in [5.41, 5.74) is 5.77. The number of hydrogen-bond acceptors (Lipinski definition) is 1. The van der Waals surface area contributed by atoms with Crippen LogP contribution in [0.2, 0.25) is 0 Å². The van der Waals surface area contributed by atoms with Gasteiger partial charge < -0.3 is 5.32 Å². The molecule has 0 saturated carbocycles. The number of nitrogens with one attached hydrogen (secondary N) is 1. The molecule has 0 aliphatic heterocycles. The predicted octanol–water partition coefficient (Wildman–Crippen LogP) is 4.10. The van der Waals surface area contributed by atoms with Crippen molar-refractivity contribution in [1.29, 1.82) is 0 Å². The second-order valence-electron chi connectivity index (χ2n) is 5.28. The van der Waals surface area contributed by atoms with Gasteiger partial charge in [0, 0.05) is 6.04 Å². The van der Waals surface area contributed by atoms with E-state index in [-0.39, 0.29) is 0 Å². The number of likely N-dealkylation sites (N-methyl/N-ethyl adjacent to an activating group) is 1. The Kier molecular flexibility index (Phi) is 5.20. The standard InChI is InChI=1S/C16H27N/c1-7-8-15(17-6)14(5)16-12(3)9-11(2)10-13(16)4/h9-10,14-15,17H,7-8H2,1-6H3. The average molecular weight is 233 g/mol. The smallest absolute Gasteiger partial charge is 0.0130 e. The van der Waals surface area contributed by atoms with E-state index in [1.54, 1.807) is 0 Å². The molecule has 0 spiro atoms. The number of hydrogen-bond donors (Lipinski definition) is 1. The highest BCUT2D eigenvalue weighted by Gasteiger charge is 2.19. The zero-order valence-corrected chi connectivity index (χ0v) is 12.2. The molecular formula is C16H27N. The van der Waals surface area contributed by atoms with Gasteiger partial charge in [0.1, 0.15) is 0 Å². The van der Waals surface area contributed by atoms with Crippen LogP contribution >= 0.6 is 0 Å². The molecule has 1 rings (SSSR count). The third-order valence-corrected chi connectivity index (χ3v) is 3.77. The lowest BCUT2D eigenvalue weighted by molar-refractivity contribution is 0.449. The largest absolute Gasteiger partial charge is 0.316 e. The van der Waals surface area contributed by atoms with Gasteiger partial charge in [0.05, 0.1) is 0 Å². The molecule has 2 unspecified atom stereocenters. The maximum absolute atomic E-state index is 3.47. The molecule has 0 aromatic heterocycles. The Labute approximate surface area is 107 Å². The average Bonchev–Trinajstić information content (AvgIpc) is 2.24. The summed E-state index contributed by atoms with van der Waals surface area (Å²) in [6.45, 7) is 11.3. The summed E-state index contributed by atoms with van der Waals surface area (Å²) < 4.78 is 0. The maximum Gasteiger partial charge on any atom is 0.0130 e. The Hall–Kier alpha value is -0.820. The molecule has 1 nitrogen and oxygen atoms in total. The van der Waals surface area contributed by atoms with Crippen LogP contribution in [0.1, 0.15) is 54.9 Å². The van der Waals surface area contributed by atoms with E-state index in [0.717, 1.165) is 0 Å². The first kappa shape index (κ1) is 14.2. The lowest BCUT2D eigenvalue weighted by atomic mass is 9.84. The van der Waals surface area contributed by atoms with E-state index < -0.39 is 0 Å². The number of rotatable bonds is 5. The Morgan fingerprint density at radius 3 is 2.06 bits per heavy atom. The van der Waals surface area contributed by atoms with Crippen molar-refractivity contribution < 1.29 is 0 Å². The normalized spacial score (nSPS) is 14.7. The van der Waals surface area contributed by atoms with Gasteiger partial charge in [0.15, 0.2) is 0 Å². The van der Waals surface area contributed by atoms with Crippen molar-refractivity contribution in [3.05, 3.63) is 34.4 Å². The van der Waals surface area contributed by atoms with Crippen LogP contribution in [-0.2, 0) is 0 Å². The molecule has 2 atom stereocenters. The molecule has 0 saturated heterocycles.